The summed E-state index contributed by atoms with van der Waals surface area (Å²) in [5.41, 5.74) is -0.697. The molecule has 0 aromatic rings. The first kappa shape index (κ1) is 13.5. The molecule has 0 saturated carbocycles. The Morgan fingerprint density at radius 2 is 2.25 bits per heavy atom. The van der Waals surface area contributed by atoms with Crippen LogP contribution in [0.25, 0.3) is 0 Å². The third kappa shape index (κ3) is 3.76. The summed E-state index contributed by atoms with van der Waals surface area (Å²) >= 11 is 0. The maximum atomic E-state index is 11.2. The SMILES string of the molecule is CC(C)CCOCCC1(C(=O)O)CCOC1. The van der Waals surface area contributed by atoms with Gasteiger partial charge in [0.25, 0.3) is 0 Å². The summed E-state index contributed by atoms with van der Waals surface area (Å²) in [5, 5.41) is 9.17. The van der Waals surface area contributed by atoms with Gasteiger partial charge in [-0.1, -0.05) is 13.8 Å². The van der Waals surface area contributed by atoms with Gasteiger partial charge in [0.15, 0.2) is 0 Å². The highest BCUT2D eigenvalue weighted by Crippen LogP contribution is 2.32. The molecule has 4 heteroatoms. The first-order chi connectivity index (χ1) is 7.57. The number of rotatable bonds is 7. The van der Waals surface area contributed by atoms with E-state index in [1.807, 2.05) is 0 Å². The smallest absolute Gasteiger partial charge is 0.312 e. The fraction of sp³-hybridized carbons (Fsp3) is 0.917. The van der Waals surface area contributed by atoms with Crippen LogP contribution in [0.2, 0.25) is 0 Å². The van der Waals surface area contributed by atoms with Crippen LogP contribution in [-0.2, 0) is 14.3 Å². The molecule has 1 aliphatic heterocycles. The largest absolute Gasteiger partial charge is 0.481 e. The molecule has 1 atom stereocenters. The number of aliphatic carboxylic acids is 1. The molecule has 0 aromatic carbocycles. The van der Waals surface area contributed by atoms with Crippen molar-refractivity contribution in [3.05, 3.63) is 0 Å². The average molecular weight is 230 g/mol. The second-order valence-corrected chi connectivity index (χ2v) is 4.93. The van der Waals surface area contributed by atoms with E-state index in [4.69, 9.17) is 9.47 Å². The van der Waals surface area contributed by atoms with E-state index >= 15 is 0 Å². The first-order valence-electron chi connectivity index (χ1n) is 5.96. The quantitative estimate of drug-likeness (QED) is 0.679. The Balaban J connectivity index is 2.21. The second kappa shape index (κ2) is 6.21. The van der Waals surface area contributed by atoms with Gasteiger partial charge in [-0.05, 0) is 25.2 Å². The van der Waals surface area contributed by atoms with E-state index in [1.165, 1.54) is 0 Å². The zero-order chi connectivity index (χ0) is 12.0. The normalized spacial score (nSPS) is 25.2. The van der Waals surface area contributed by atoms with Crippen molar-refractivity contribution in [2.45, 2.75) is 33.1 Å². The number of ether oxygens (including phenoxy) is 2. The van der Waals surface area contributed by atoms with Gasteiger partial charge >= 0.3 is 5.97 Å². The van der Waals surface area contributed by atoms with E-state index in [1.54, 1.807) is 0 Å². The minimum Gasteiger partial charge on any atom is -0.481 e. The van der Waals surface area contributed by atoms with E-state index in [9.17, 15) is 9.90 Å². The van der Waals surface area contributed by atoms with Crippen molar-refractivity contribution in [2.24, 2.45) is 11.3 Å². The Kier molecular flexibility index (Phi) is 5.22. The molecule has 1 unspecified atom stereocenters. The predicted octanol–water partition coefficient (Wildman–Crippen LogP) is 1.93. The van der Waals surface area contributed by atoms with E-state index in [0.717, 1.165) is 6.42 Å². The lowest BCUT2D eigenvalue weighted by Crippen LogP contribution is -2.32. The topological polar surface area (TPSA) is 55.8 Å². The van der Waals surface area contributed by atoms with Crippen molar-refractivity contribution in [1.82, 2.24) is 0 Å². The molecule has 1 heterocycles. The van der Waals surface area contributed by atoms with E-state index in [-0.39, 0.29) is 0 Å². The van der Waals surface area contributed by atoms with Gasteiger partial charge in [0, 0.05) is 19.8 Å². The molecule has 0 aliphatic carbocycles. The van der Waals surface area contributed by atoms with Gasteiger partial charge < -0.3 is 14.6 Å². The van der Waals surface area contributed by atoms with Crippen molar-refractivity contribution >= 4 is 5.97 Å². The van der Waals surface area contributed by atoms with Gasteiger partial charge in [0.2, 0.25) is 0 Å². The summed E-state index contributed by atoms with van der Waals surface area (Å²) in [6.07, 6.45) is 2.19. The van der Waals surface area contributed by atoms with Gasteiger partial charge in [-0.15, -0.1) is 0 Å². The molecule has 1 aliphatic rings. The molecule has 4 nitrogen and oxygen atoms in total. The third-order valence-corrected chi connectivity index (χ3v) is 3.12. The molecule has 1 fully saturated rings. The van der Waals surface area contributed by atoms with Crippen molar-refractivity contribution in [1.29, 1.82) is 0 Å². The summed E-state index contributed by atoms with van der Waals surface area (Å²) in [6.45, 7) is 6.41. The standard InChI is InChI=1S/C12H22O4/c1-10(2)3-6-15-7-4-12(11(13)14)5-8-16-9-12/h10H,3-9H2,1-2H3,(H,13,14). The lowest BCUT2D eigenvalue weighted by Gasteiger charge is -2.21. The minimum atomic E-state index is -0.752. The zero-order valence-corrected chi connectivity index (χ0v) is 10.2. The van der Waals surface area contributed by atoms with Crippen LogP contribution in [-0.4, -0.2) is 37.5 Å². The molecule has 0 spiro atoms. The average Bonchev–Trinajstić information content (AvgIpc) is 2.66. The van der Waals surface area contributed by atoms with Crippen LogP contribution in [0, 0.1) is 11.3 Å². The van der Waals surface area contributed by atoms with Gasteiger partial charge in [-0.2, -0.15) is 0 Å². The van der Waals surface area contributed by atoms with Gasteiger partial charge in [-0.25, -0.2) is 0 Å². The van der Waals surface area contributed by atoms with Crippen LogP contribution in [0.15, 0.2) is 0 Å². The predicted molar refractivity (Wildman–Crippen MR) is 60.4 cm³/mol. The van der Waals surface area contributed by atoms with Crippen molar-refractivity contribution < 1.29 is 19.4 Å². The van der Waals surface area contributed by atoms with Crippen LogP contribution < -0.4 is 0 Å². The lowest BCUT2D eigenvalue weighted by molar-refractivity contribution is -0.150. The Bertz CT molecular complexity index is 219. The van der Waals surface area contributed by atoms with Crippen LogP contribution in [0.4, 0.5) is 0 Å². The van der Waals surface area contributed by atoms with Crippen LogP contribution >= 0.6 is 0 Å². The Hall–Kier alpha value is -0.610. The van der Waals surface area contributed by atoms with E-state index in [2.05, 4.69) is 13.8 Å². The number of hydrogen-bond donors (Lipinski definition) is 1. The third-order valence-electron chi connectivity index (χ3n) is 3.12. The maximum absolute atomic E-state index is 11.2. The van der Waals surface area contributed by atoms with Gasteiger partial charge in [0.1, 0.15) is 0 Å². The van der Waals surface area contributed by atoms with E-state index in [0.29, 0.717) is 45.2 Å². The highest BCUT2D eigenvalue weighted by Gasteiger charge is 2.41. The molecular weight excluding hydrogens is 208 g/mol. The minimum absolute atomic E-state index is 0.329. The monoisotopic (exact) mass is 230 g/mol. The van der Waals surface area contributed by atoms with Crippen LogP contribution in [0.5, 0.6) is 0 Å². The number of carboxylic acid groups (broad SMARTS) is 1. The van der Waals surface area contributed by atoms with Crippen LogP contribution in [0.3, 0.4) is 0 Å². The van der Waals surface area contributed by atoms with Crippen LogP contribution in [0.1, 0.15) is 33.1 Å². The molecule has 0 amide bonds. The highest BCUT2D eigenvalue weighted by molar-refractivity contribution is 5.75. The molecule has 0 bridgehead atoms. The summed E-state index contributed by atoms with van der Waals surface area (Å²) in [5.74, 6) is -0.124. The number of carbonyl (C=O) groups is 1. The van der Waals surface area contributed by atoms with Crippen molar-refractivity contribution in [3.63, 3.8) is 0 Å². The van der Waals surface area contributed by atoms with Gasteiger partial charge in [-0.3, -0.25) is 4.79 Å². The lowest BCUT2D eigenvalue weighted by atomic mass is 9.84. The summed E-state index contributed by atoms with van der Waals surface area (Å²) in [7, 11) is 0. The summed E-state index contributed by atoms with van der Waals surface area (Å²) in [4.78, 5) is 11.2. The number of carboxylic acids is 1. The first-order valence-corrected chi connectivity index (χ1v) is 5.96. The molecule has 94 valence electrons. The Labute approximate surface area is 96.9 Å². The fourth-order valence-corrected chi connectivity index (χ4v) is 1.77. The Morgan fingerprint density at radius 3 is 2.75 bits per heavy atom. The maximum Gasteiger partial charge on any atom is 0.312 e. The Morgan fingerprint density at radius 1 is 1.50 bits per heavy atom. The van der Waals surface area contributed by atoms with E-state index < -0.39 is 11.4 Å². The zero-order valence-electron chi connectivity index (χ0n) is 10.2. The van der Waals surface area contributed by atoms with Crippen molar-refractivity contribution in [2.75, 3.05) is 26.4 Å². The molecule has 1 N–H and O–H groups in total. The summed E-state index contributed by atoms with van der Waals surface area (Å²) in [6, 6.07) is 0. The molecular formula is C12H22O4. The molecule has 1 saturated heterocycles. The molecule has 16 heavy (non-hydrogen) atoms. The molecule has 0 radical (unpaired) electrons. The fourth-order valence-electron chi connectivity index (χ4n) is 1.77. The summed E-state index contributed by atoms with van der Waals surface area (Å²) < 4.78 is 10.6. The second-order valence-electron chi connectivity index (χ2n) is 4.93. The van der Waals surface area contributed by atoms with Crippen molar-refractivity contribution in [3.8, 4) is 0 Å². The van der Waals surface area contributed by atoms with Gasteiger partial charge in [0.05, 0.1) is 12.0 Å². The molecule has 0 aromatic heterocycles. The number of hydrogen-bond acceptors (Lipinski definition) is 3. The molecule has 1 rings (SSSR count). The highest BCUT2D eigenvalue weighted by atomic mass is 16.5.